The third-order valence-electron chi connectivity index (χ3n) is 4.92. The van der Waals surface area contributed by atoms with Gasteiger partial charge in [0.25, 0.3) is 11.5 Å². The number of carbonyl (C=O) groups excluding carboxylic acids is 1. The number of H-pyrrole nitrogens is 1. The van der Waals surface area contributed by atoms with Gasteiger partial charge in [0.2, 0.25) is 0 Å². The number of halogens is 1. The maximum absolute atomic E-state index is 12.8. The predicted molar refractivity (Wildman–Crippen MR) is 110 cm³/mol. The van der Waals surface area contributed by atoms with E-state index in [4.69, 9.17) is 11.6 Å². The van der Waals surface area contributed by atoms with Crippen molar-refractivity contribution in [2.45, 2.75) is 18.9 Å². The van der Waals surface area contributed by atoms with Crippen molar-refractivity contribution in [2.24, 2.45) is 0 Å². The largest absolute Gasteiger partial charge is 0.330 e. The van der Waals surface area contributed by atoms with Crippen LogP contribution in [0.2, 0.25) is 5.02 Å². The number of nitrogens with zero attached hydrogens (tertiary/aromatic N) is 3. The smallest absolute Gasteiger partial charge is 0.321 e. The first kappa shape index (κ1) is 17.6. The fourth-order valence-corrected chi connectivity index (χ4v) is 3.59. The van der Waals surface area contributed by atoms with Crippen LogP contribution >= 0.6 is 11.6 Å². The number of aromatic amines is 1. The summed E-state index contributed by atoms with van der Waals surface area (Å²) < 4.78 is 1.48. The van der Waals surface area contributed by atoms with E-state index in [0.29, 0.717) is 27.3 Å². The number of carbonyl (C=O) groups is 1. The molecule has 3 heterocycles. The van der Waals surface area contributed by atoms with Crippen LogP contribution in [0.3, 0.4) is 0 Å². The van der Waals surface area contributed by atoms with Crippen LogP contribution in [0, 0.1) is 0 Å². The highest BCUT2D eigenvalue weighted by Crippen LogP contribution is 2.34. The van der Waals surface area contributed by atoms with Crippen molar-refractivity contribution in [1.29, 1.82) is 0 Å². The number of rotatable bonds is 3. The average Bonchev–Trinajstić information content (AvgIpc) is 3.55. The molecule has 1 fully saturated rings. The summed E-state index contributed by atoms with van der Waals surface area (Å²) in [4.78, 5) is 48.0. The lowest BCUT2D eigenvalue weighted by molar-refractivity contribution is 0.102. The van der Waals surface area contributed by atoms with Crippen molar-refractivity contribution in [3.8, 4) is 0 Å². The number of benzene rings is 1. The Labute approximate surface area is 168 Å². The van der Waals surface area contributed by atoms with Crippen molar-refractivity contribution in [1.82, 2.24) is 19.5 Å². The van der Waals surface area contributed by atoms with Crippen LogP contribution in [0.4, 0.5) is 5.69 Å². The molecule has 2 N–H and O–H groups in total. The van der Waals surface area contributed by atoms with Gasteiger partial charge in [-0.25, -0.2) is 9.78 Å². The van der Waals surface area contributed by atoms with Crippen LogP contribution in [0.25, 0.3) is 21.9 Å². The summed E-state index contributed by atoms with van der Waals surface area (Å²) in [6.45, 7) is 0. The van der Waals surface area contributed by atoms with E-state index in [2.05, 4.69) is 20.3 Å². The number of pyridine rings is 2. The van der Waals surface area contributed by atoms with Gasteiger partial charge in [0, 0.05) is 23.8 Å². The average molecular weight is 408 g/mol. The van der Waals surface area contributed by atoms with Gasteiger partial charge < -0.3 is 5.32 Å². The minimum Gasteiger partial charge on any atom is -0.321 e. The van der Waals surface area contributed by atoms with Crippen molar-refractivity contribution >= 4 is 45.1 Å². The first-order valence-corrected chi connectivity index (χ1v) is 9.40. The number of anilines is 1. The van der Waals surface area contributed by atoms with Gasteiger partial charge in [-0.05, 0) is 43.2 Å². The Morgan fingerprint density at radius 3 is 2.79 bits per heavy atom. The summed E-state index contributed by atoms with van der Waals surface area (Å²) in [6.07, 6.45) is 4.72. The Balaban J connectivity index is 1.57. The fraction of sp³-hybridized carbons (Fsp3) is 0.150. The van der Waals surface area contributed by atoms with Crippen LogP contribution < -0.4 is 16.6 Å². The highest BCUT2D eigenvalue weighted by Gasteiger charge is 2.27. The van der Waals surface area contributed by atoms with Gasteiger partial charge >= 0.3 is 5.69 Å². The second-order valence-electron chi connectivity index (χ2n) is 6.90. The molecule has 1 aliphatic rings. The zero-order valence-corrected chi connectivity index (χ0v) is 15.7. The van der Waals surface area contributed by atoms with Crippen LogP contribution in [0.15, 0.2) is 52.3 Å². The molecule has 3 aromatic heterocycles. The first-order chi connectivity index (χ1) is 14.0. The summed E-state index contributed by atoms with van der Waals surface area (Å²) in [6, 6.07) is 8.40. The molecule has 1 amide bonds. The van der Waals surface area contributed by atoms with Crippen molar-refractivity contribution in [2.75, 3.05) is 5.32 Å². The van der Waals surface area contributed by atoms with E-state index in [1.54, 1.807) is 24.4 Å². The molecule has 0 radical (unpaired) electrons. The van der Waals surface area contributed by atoms with Gasteiger partial charge in [-0.15, -0.1) is 0 Å². The Kier molecular flexibility index (Phi) is 3.95. The van der Waals surface area contributed by atoms with Gasteiger partial charge in [-0.2, -0.15) is 0 Å². The van der Waals surface area contributed by atoms with Gasteiger partial charge in [0.05, 0.1) is 27.2 Å². The van der Waals surface area contributed by atoms with Crippen LogP contribution in [-0.4, -0.2) is 25.4 Å². The monoisotopic (exact) mass is 407 g/mol. The van der Waals surface area contributed by atoms with Crippen molar-refractivity contribution in [3.63, 3.8) is 0 Å². The Morgan fingerprint density at radius 1 is 1.17 bits per heavy atom. The maximum Gasteiger partial charge on any atom is 0.330 e. The molecule has 1 saturated carbocycles. The highest BCUT2D eigenvalue weighted by molar-refractivity contribution is 6.35. The lowest BCUT2D eigenvalue weighted by Gasteiger charge is -2.11. The standard InChI is InChI=1S/C20H14ClN5O3/c21-14-5-6-15(12-2-1-7-22-16(12)14)24-18(27)10-8-13-17(23-9-10)26(11-3-4-11)20(29)25-19(13)28/h1-2,5-9,11H,3-4H2,(H,24,27)(H,25,28,29). The molecule has 1 aromatic carbocycles. The lowest BCUT2D eigenvalue weighted by Crippen LogP contribution is -2.30. The van der Waals surface area contributed by atoms with E-state index in [1.807, 2.05) is 6.07 Å². The summed E-state index contributed by atoms with van der Waals surface area (Å²) >= 11 is 6.17. The molecule has 1 aliphatic carbocycles. The third kappa shape index (κ3) is 2.98. The third-order valence-corrected chi connectivity index (χ3v) is 5.23. The van der Waals surface area contributed by atoms with Crippen molar-refractivity contribution < 1.29 is 4.79 Å². The van der Waals surface area contributed by atoms with E-state index >= 15 is 0 Å². The highest BCUT2D eigenvalue weighted by atomic mass is 35.5. The molecule has 0 saturated heterocycles. The molecule has 0 bridgehead atoms. The molecule has 29 heavy (non-hydrogen) atoms. The molecular weight excluding hydrogens is 394 g/mol. The molecule has 9 heteroatoms. The lowest BCUT2D eigenvalue weighted by atomic mass is 10.1. The number of hydrogen-bond acceptors (Lipinski definition) is 5. The second-order valence-corrected chi connectivity index (χ2v) is 7.31. The molecule has 144 valence electrons. The normalized spacial score (nSPS) is 13.7. The minimum atomic E-state index is -0.565. The second kappa shape index (κ2) is 6.52. The fourth-order valence-electron chi connectivity index (χ4n) is 3.37. The number of amides is 1. The molecule has 0 spiro atoms. The topological polar surface area (TPSA) is 110 Å². The van der Waals surface area contributed by atoms with E-state index < -0.39 is 17.2 Å². The van der Waals surface area contributed by atoms with E-state index in [0.717, 1.165) is 12.8 Å². The van der Waals surface area contributed by atoms with E-state index in [-0.39, 0.29) is 17.0 Å². The Morgan fingerprint density at radius 2 is 2.00 bits per heavy atom. The van der Waals surface area contributed by atoms with E-state index in [1.165, 1.54) is 16.8 Å². The minimum absolute atomic E-state index is 0.0435. The molecular formula is C20H14ClN5O3. The van der Waals surface area contributed by atoms with Gasteiger partial charge in [-0.3, -0.25) is 24.1 Å². The van der Waals surface area contributed by atoms with Gasteiger partial charge in [-0.1, -0.05) is 11.6 Å². The number of hydrogen-bond donors (Lipinski definition) is 2. The van der Waals surface area contributed by atoms with Gasteiger partial charge in [0.15, 0.2) is 0 Å². The first-order valence-electron chi connectivity index (χ1n) is 9.02. The molecule has 0 aliphatic heterocycles. The summed E-state index contributed by atoms with van der Waals surface area (Å²) in [5.41, 5.74) is 0.572. The molecule has 8 nitrogen and oxygen atoms in total. The van der Waals surface area contributed by atoms with Crippen LogP contribution in [0.5, 0.6) is 0 Å². The number of nitrogens with one attached hydrogen (secondary N) is 2. The predicted octanol–water partition coefficient (Wildman–Crippen LogP) is 2.87. The SMILES string of the molecule is O=C(Nc1ccc(Cl)c2ncccc12)c1cnc2c(c1)c(=O)[nH]c(=O)n2C1CC1. The Bertz CT molecular complexity index is 1420. The Hall–Kier alpha value is -3.52. The zero-order valence-electron chi connectivity index (χ0n) is 15.0. The summed E-state index contributed by atoms with van der Waals surface area (Å²) in [5.74, 6) is -0.435. The number of aromatic nitrogens is 4. The van der Waals surface area contributed by atoms with Crippen molar-refractivity contribution in [3.05, 3.63) is 74.1 Å². The van der Waals surface area contributed by atoms with E-state index in [9.17, 15) is 14.4 Å². The molecule has 5 rings (SSSR count). The molecule has 0 unspecified atom stereocenters. The summed E-state index contributed by atoms with van der Waals surface area (Å²) in [7, 11) is 0. The molecule has 0 atom stereocenters. The zero-order chi connectivity index (χ0) is 20.1. The maximum atomic E-state index is 12.8. The van der Waals surface area contributed by atoms with Crippen LogP contribution in [0.1, 0.15) is 29.2 Å². The van der Waals surface area contributed by atoms with Crippen LogP contribution in [-0.2, 0) is 0 Å². The van der Waals surface area contributed by atoms with Gasteiger partial charge in [0.1, 0.15) is 5.65 Å². The number of fused-ring (bicyclic) bond motifs is 2. The summed E-state index contributed by atoms with van der Waals surface area (Å²) in [5, 5.41) is 4.19. The molecule has 4 aromatic rings. The quantitative estimate of drug-likeness (QED) is 0.542.